The first-order valence-electron chi connectivity index (χ1n) is 5.95. The van der Waals surface area contributed by atoms with Gasteiger partial charge in [0.1, 0.15) is 5.84 Å². The van der Waals surface area contributed by atoms with Crippen molar-refractivity contribution in [2.45, 2.75) is 26.2 Å². The molecule has 0 unspecified atom stereocenters. The molecule has 0 aliphatic carbocycles. The summed E-state index contributed by atoms with van der Waals surface area (Å²) in [5.74, 6) is 0.698. The monoisotopic (exact) mass is 267 g/mol. The van der Waals surface area contributed by atoms with Crippen LogP contribution in [-0.2, 0) is 0 Å². The molecule has 0 saturated carbocycles. The lowest BCUT2D eigenvalue weighted by atomic mass is 10.2. The van der Waals surface area contributed by atoms with Crippen molar-refractivity contribution < 1.29 is 4.79 Å². The maximum absolute atomic E-state index is 11.7. The SMILES string of the molecule is CCCCC(=NC)NC(=O)Nc1ccc(Cl)cc1. The number of amides is 2. The van der Waals surface area contributed by atoms with Crippen molar-refractivity contribution >= 4 is 29.2 Å². The Labute approximate surface area is 112 Å². The Kier molecular flexibility index (Phi) is 6.22. The number of anilines is 1. The van der Waals surface area contributed by atoms with Crippen LogP contribution in [0.4, 0.5) is 10.5 Å². The zero-order chi connectivity index (χ0) is 13.4. The first-order chi connectivity index (χ1) is 8.65. The van der Waals surface area contributed by atoms with Crippen LogP contribution in [0.15, 0.2) is 29.3 Å². The first kappa shape index (κ1) is 14.5. The van der Waals surface area contributed by atoms with Crippen molar-refractivity contribution in [1.29, 1.82) is 0 Å². The number of carbonyl (C=O) groups excluding carboxylic acids is 1. The molecule has 0 atom stereocenters. The van der Waals surface area contributed by atoms with Crippen molar-refractivity contribution in [3.8, 4) is 0 Å². The van der Waals surface area contributed by atoms with Crippen LogP contribution >= 0.6 is 11.6 Å². The number of hydrogen-bond donors (Lipinski definition) is 2. The van der Waals surface area contributed by atoms with Crippen molar-refractivity contribution in [3.05, 3.63) is 29.3 Å². The minimum absolute atomic E-state index is 0.283. The highest BCUT2D eigenvalue weighted by molar-refractivity contribution is 6.30. The molecule has 0 aliphatic rings. The summed E-state index contributed by atoms with van der Waals surface area (Å²) in [6.45, 7) is 2.10. The van der Waals surface area contributed by atoms with E-state index in [0.717, 1.165) is 19.3 Å². The highest BCUT2D eigenvalue weighted by atomic mass is 35.5. The molecular formula is C13H18ClN3O. The summed E-state index contributed by atoms with van der Waals surface area (Å²) in [5.41, 5.74) is 0.697. The Morgan fingerprint density at radius 3 is 2.56 bits per heavy atom. The number of aliphatic imine (C=N–C) groups is 1. The number of rotatable bonds is 4. The standard InChI is InChI=1S/C13H18ClN3O/c1-3-4-5-12(15-2)17-13(18)16-11-8-6-10(14)7-9-11/h6-9H,3-5H2,1-2H3,(H2,15,16,17,18). The Hall–Kier alpha value is -1.55. The number of carbonyl (C=O) groups is 1. The van der Waals surface area contributed by atoms with Crippen molar-refractivity contribution in [1.82, 2.24) is 5.32 Å². The average molecular weight is 268 g/mol. The second-order valence-electron chi connectivity index (χ2n) is 3.86. The molecule has 0 aromatic heterocycles. The number of nitrogens with one attached hydrogen (secondary N) is 2. The molecular weight excluding hydrogens is 250 g/mol. The van der Waals surface area contributed by atoms with Crippen LogP contribution in [0.25, 0.3) is 0 Å². The molecule has 1 rings (SSSR count). The molecule has 0 radical (unpaired) electrons. The van der Waals surface area contributed by atoms with Crippen LogP contribution in [0.2, 0.25) is 5.02 Å². The van der Waals surface area contributed by atoms with Crippen LogP contribution in [0.3, 0.4) is 0 Å². The molecule has 1 aromatic rings. The molecule has 0 aliphatic heterocycles. The van der Waals surface area contributed by atoms with Gasteiger partial charge in [-0.2, -0.15) is 0 Å². The Balaban J connectivity index is 2.48. The van der Waals surface area contributed by atoms with Gasteiger partial charge in [0.2, 0.25) is 0 Å². The van der Waals surface area contributed by atoms with Crippen molar-refractivity contribution in [3.63, 3.8) is 0 Å². The summed E-state index contributed by atoms with van der Waals surface area (Å²) in [6, 6.07) is 6.66. The van der Waals surface area contributed by atoms with E-state index in [9.17, 15) is 4.79 Å². The predicted molar refractivity (Wildman–Crippen MR) is 76.5 cm³/mol. The Morgan fingerprint density at radius 1 is 1.33 bits per heavy atom. The van der Waals surface area contributed by atoms with Crippen molar-refractivity contribution in [2.75, 3.05) is 12.4 Å². The summed E-state index contributed by atoms with van der Waals surface area (Å²) >= 11 is 5.76. The molecule has 5 heteroatoms. The fraction of sp³-hybridized carbons (Fsp3) is 0.385. The molecule has 1 aromatic carbocycles. The molecule has 2 amide bonds. The number of amidine groups is 1. The predicted octanol–water partition coefficient (Wildman–Crippen LogP) is 3.68. The zero-order valence-electron chi connectivity index (χ0n) is 10.7. The fourth-order valence-electron chi connectivity index (χ4n) is 1.40. The molecule has 98 valence electrons. The molecule has 0 fully saturated rings. The van der Waals surface area contributed by atoms with Gasteiger partial charge in [0.25, 0.3) is 0 Å². The molecule has 0 bridgehead atoms. The highest BCUT2D eigenvalue weighted by Gasteiger charge is 2.05. The molecule has 0 saturated heterocycles. The molecule has 2 N–H and O–H groups in total. The van der Waals surface area contributed by atoms with Crippen LogP contribution < -0.4 is 10.6 Å². The number of nitrogens with zero attached hydrogens (tertiary/aromatic N) is 1. The van der Waals surface area contributed by atoms with Gasteiger partial charge < -0.3 is 5.32 Å². The minimum atomic E-state index is -0.283. The lowest BCUT2D eigenvalue weighted by molar-refractivity contribution is 0.256. The van der Waals surface area contributed by atoms with Gasteiger partial charge in [-0.3, -0.25) is 10.3 Å². The van der Waals surface area contributed by atoms with E-state index < -0.39 is 0 Å². The third-order valence-corrected chi connectivity index (χ3v) is 2.65. The summed E-state index contributed by atoms with van der Waals surface area (Å²) in [6.07, 6.45) is 2.86. The summed E-state index contributed by atoms with van der Waals surface area (Å²) in [7, 11) is 1.67. The molecule has 4 nitrogen and oxygen atoms in total. The summed E-state index contributed by atoms with van der Waals surface area (Å²) in [5, 5.41) is 6.09. The van der Waals surface area contributed by atoms with Gasteiger partial charge in [-0.1, -0.05) is 24.9 Å². The van der Waals surface area contributed by atoms with Crippen LogP contribution in [0, 0.1) is 0 Å². The van der Waals surface area contributed by atoms with Gasteiger partial charge in [-0.25, -0.2) is 4.79 Å². The molecule has 0 heterocycles. The quantitative estimate of drug-likeness (QED) is 0.635. The molecule has 0 spiro atoms. The van der Waals surface area contributed by atoms with E-state index in [1.54, 1.807) is 31.3 Å². The van der Waals surface area contributed by atoms with Crippen molar-refractivity contribution in [2.24, 2.45) is 4.99 Å². The third kappa shape index (κ3) is 5.19. The van der Waals surface area contributed by atoms with E-state index in [0.29, 0.717) is 16.5 Å². The number of hydrogen-bond acceptors (Lipinski definition) is 2. The maximum atomic E-state index is 11.7. The van der Waals surface area contributed by atoms with Crippen LogP contribution in [-0.4, -0.2) is 18.9 Å². The smallest absolute Gasteiger partial charge is 0.308 e. The number of unbranched alkanes of at least 4 members (excludes halogenated alkanes) is 1. The van der Waals surface area contributed by atoms with E-state index in [-0.39, 0.29) is 6.03 Å². The number of urea groups is 1. The van der Waals surface area contributed by atoms with Gasteiger partial charge in [0, 0.05) is 24.2 Å². The highest BCUT2D eigenvalue weighted by Crippen LogP contribution is 2.13. The Bertz CT molecular complexity index is 415. The summed E-state index contributed by atoms with van der Waals surface area (Å²) < 4.78 is 0. The topological polar surface area (TPSA) is 53.5 Å². The lowest BCUT2D eigenvalue weighted by Crippen LogP contribution is -2.34. The van der Waals surface area contributed by atoms with E-state index in [2.05, 4.69) is 22.5 Å². The van der Waals surface area contributed by atoms with Gasteiger partial charge in [0.15, 0.2) is 0 Å². The van der Waals surface area contributed by atoms with Gasteiger partial charge in [0.05, 0.1) is 0 Å². The third-order valence-electron chi connectivity index (χ3n) is 2.40. The normalized spacial score (nSPS) is 11.2. The first-order valence-corrected chi connectivity index (χ1v) is 6.32. The lowest BCUT2D eigenvalue weighted by Gasteiger charge is -2.09. The van der Waals surface area contributed by atoms with Gasteiger partial charge >= 0.3 is 6.03 Å². The Morgan fingerprint density at radius 2 is 2.00 bits per heavy atom. The summed E-state index contributed by atoms with van der Waals surface area (Å²) in [4.78, 5) is 15.7. The zero-order valence-corrected chi connectivity index (χ0v) is 11.4. The fourth-order valence-corrected chi connectivity index (χ4v) is 1.53. The van der Waals surface area contributed by atoms with Gasteiger partial charge in [-0.05, 0) is 30.7 Å². The van der Waals surface area contributed by atoms with E-state index in [4.69, 9.17) is 11.6 Å². The van der Waals surface area contributed by atoms with Crippen LogP contribution in [0.5, 0.6) is 0 Å². The second-order valence-corrected chi connectivity index (χ2v) is 4.30. The van der Waals surface area contributed by atoms with Crippen LogP contribution in [0.1, 0.15) is 26.2 Å². The number of benzene rings is 1. The van der Waals surface area contributed by atoms with Gasteiger partial charge in [-0.15, -0.1) is 0 Å². The minimum Gasteiger partial charge on any atom is -0.308 e. The second kappa shape index (κ2) is 7.71. The van der Waals surface area contributed by atoms with E-state index >= 15 is 0 Å². The largest absolute Gasteiger partial charge is 0.324 e. The number of halogens is 1. The van der Waals surface area contributed by atoms with E-state index in [1.165, 1.54) is 0 Å². The van der Waals surface area contributed by atoms with E-state index in [1.807, 2.05) is 0 Å². The molecule has 18 heavy (non-hydrogen) atoms. The average Bonchev–Trinajstić information content (AvgIpc) is 2.37. The maximum Gasteiger partial charge on any atom is 0.324 e.